The molecule has 0 radical (unpaired) electrons. The molecule has 0 unspecified atom stereocenters. The summed E-state index contributed by atoms with van der Waals surface area (Å²) < 4.78 is 2.21. The molecule has 3 rings (SSSR count). The van der Waals surface area contributed by atoms with Gasteiger partial charge in [-0.2, -0.15) is 0 Å². The quantitative estimate of drug-likeness (QED) is 0.483. The van der Waals surface area contributed by atoms with Crippen LogP contribution in [0, 0.1) is 6.92 Å². The van der Waals surface area contributed by atoms with Gasteiger partial charge in [0.25, 0.3) is 0 Å². The van der Waals surface area contributed by atoms with E-state index in [2.05, 4.69) is 58.3 Å². The third-order valence-corrected chi connectivity index (χ3v) is 4.82. The first-order valence-corrected chi connectivity index (χ1v) is 9.28. The van der Waals surface area contributed by atoms with Gasteiger partial charge in [0.15, 0.2) is 0 Å². The minimum atomic E-state index is -0.0736. The molecule has 0 aliphatic rings. The molecule has 3 aromatic rings. The van der Waals surface area contributed by atoms with Gasteiger partial charge in [0.05, 0.1) is 0 Å². The van der Waals surface area contributed by atoms with Crippen LogP contribution in [0.1, 0.15) is 12.5 Å². The van der Waals surface area contributed by atoms with Crippen molar-refractivity contribution in [1.82, 2.24) is 0 Å². The number of nitrogens with zero attached hydrogens (tertiary/aromatic N) is 1. The maximum absolute atomic E-state index is 11.1. The van der Waals surface area contributed by atoms with Gasteiger partial charge in [-0.25, -0.2) is 9.88 Å². The number of hydrogen-bond donors (Lipinski definition) is 2. The first kappa shape index (κ1) is 17.9. The molecule has 0 fully saturated rings. The SMILES string of the molecule is C=CC[n+]1c(-c2ccc(C)cc2)csc1Nc1ccc(NC(C)=O)cc1. The maximum Gasteiger partial charge on any atom is 0.339 e. The predicted molar refractivity (Wildman–Crippen MR) is 109 cm³/mol. The number of carbonyl (C=O) groups is 1. The van der Waals surface area contributed by atoms with E-state index in [1.54, 1.807) is 11.3 Å². The van der Waals surface area contributed by atoms with Crippen LogP contribution in [0.15, 0.2) is 66.6 Å². The second kappa shape index (κ2) is 7.97. The van der Waals surface area contributed by atoms with Crippen molar-refractivity contribution >= 4 is 33.8 Å². The Labute approximate surface area is 157 Å². The maximum atomic E-state index is 11.1. The van der Waals surface area contributed by atoms with E-state index >= 15 is 0 Å². The molecule has 2 aromatic carbocycles. The summed E-state index contributed by atoms with van der Waals surface area (Å²) in [7, 11) is 0. The van der Waals surface area contributed by atoms with Gasteiger partial charge in [-0.3, -0.25) is 4.79 Å². The van der Waals surface area contributed by atoms with E-state index < -0.39 is 0 Å². The number of anilines is 3. The number of aromatic nitrogens is 1. The number of nitrogens with one attached hydrogen (secondary N) is 2. The lowest BCUT2D eigenvalue weighted by Crippen LogP contribution is -2.35. The van der Waals surface area contributed by atoms with Crippen molar-refractivity contribution in [2.75, 3.05) is 10.6 Å². The molecule has 0 saturated carbocycles. The molecule has 2 N–H and O–H groups in total. The molecule has 0 saturated heterocycles. The van der Waals surface area contributed by atoms with Crippen LogP contribution in [0.4, 0.5) is 16.5 Å². The molecule has 0 bridgehead atoms. The molecule has 1 heterocycles. The van der Waals surface area contributed by atoms with E-state index in [1.807, 2.05) is 30.3 Å². The van der Waals surface area contributed by atoms with Crippen molar-refractivity contribution < 1.29 is 9.36 Å². The summed E-state index contributed by atoms with van der Waals surface area (Å²) in [6, 6.07) is 16.2. The molecule has 4 nitrogen and oxygen atoms in total. The summed E-state index contributed by atoms with van der Waals surface area (Å²) in [6.07, 6.45) is 1.90. The number of hydrogen-bond acceptors (Lipinski definition) is 3. The van der Waals surface area contributed by atoms with Gasteiger partial charge >= 0.3 is 5.13 Å². The Morgan fingerprint density at radius 2 is 1.77 bits per heavy atom. The highest BCUT2D eigenvalue weighted by Gasteiger charge is 2.18. The average Bonchev–Trinajstić information content (AvgIpc) is 3.00. The fraction of sp³-hybridized carbons (Fsp3) is 0.143. The Balaban J connectivity index is 1.87. The van der Waals surface area contributed by atoms with Gasteiger partial charge in [-0.1, -0.05) is 53.8 Å². The second-order valence-electron chi connectivity index (χ2n) is 6.07. The lowest BCUT2D eigenvalue weighted by atomic mass is 10.1. The van der Waals surface area contributed by atoms with Crippen molar-refractivity contribution in [2.45, 2.75) is 20.4 Å². The molecule has 1 aromatic heterocycles. The molecule has 0 spiro atoms. The van der Waals surface area contributed by atoms with Crippen LogP contribution < -0.4 is 15.2 Å². The standard InChI is InChI=1S/C21H21N3OS/c1-4-13-24-20(17-7-5-15(2)6-8-17)14-26-21(24)23-19-11-9-18(10-12-19)22-16(3)25/h4-12,14H,1,13H2,2-3H3,(H,22,25)/p+1. The fourth-order valence-electron chi connectivity index (χ4n) is 2.67. The number of amides is 1. The molecule has 0 atom stereocenters. The Morgan fingerprint density at radius 1 is 1.12 bits per heavy atom. The van der Waals surface area contributed by atoms with Crippen LogP contribution in [0.2, 0.25) is 0 Å². The van der Waals surface area contributed by atoms with Gasteiger partial charge in [0.1, 0.15) is 17.9 Å². The summed E-state index contributed by atoms with van der Waals surface area (Å²) >= 11 is 1.66. The monoisotopic (exact) mass is 364 g/mol. The van der Waals surface area contributed by atoms with E-state index in [-0.39, 0.29) is 5.91 Å². The molecule has 5 heteroatoms. The van der Waals surface area contributed by atoms with Crippen LogP contribution in [0.25, 0.3) is 11.3 Å². The molecular weight excluding hydrogens is 342 g/mol. The lowest BCUT2D eigenvalue weighted by molar-refractivity contribution is -0.657. The Bertz CT molecular complexity index is 911. The van der Waals surface area contributed by atoms with E-state index in [1.165, 1.54) is 18.1 Å². The highest BCUT2D eigenvalue weighted by Crippen LogP contribution is 2.26. The zero-order chi connectivity index (χ0) is 18.5. The highest BCUT2D eigenvalue weighted by atomic mass is 32.1. The Kier molecular flexibility index (Phi) is 5.49. The van der Waals surface area contributed by atoms with Crippen LogP contribution in [-0.2, 0) is 11.3 Å². The van der Waals surface area contributed by atoms with E-state index in [0.29, 0.717) is 0 Å². The highest BCUT2D eigenvalue weighted by molar-refractivity contribution is 7.13. The molecule has 0 aliphatic heterocycles. The number of benzene rings is 2. The normalized spacial score (nSPS) is 10.4. The minimum absolute atomic E-state index is 0.0736. The van der Waals surface area contributed by atoms with Crippen LogP contribution in [0.5, 0.6) is 0 Å². The molecule has 26 heavy (non-hydrogen) atoms. The topological polar surface area (TPSA) is 45.0 Å². The zero-order valence-corrected chi connectivity index (χ0v) is 15.8. The number of thiazole rings is 1. The molecule has 1 amide bonds. The number of carbonyl (C=O) groups excluding carboxylic acids is 1. The summed E-state index contributed by atoms with van der Waals surface area (Å²) in [5.74, 6) is -0.0736. The fourth-order valence-corrected chi connectivity index (χ4v) is 3.63. The molecule has 132 valence electrons. The van der Waals surface area contributed by atoms with Crippen LogP contribution >= 0.6 is 11.3 Å². The Morgan fingerprint density at radius 3 is 2.38 bits per heavy atom. The summed E-state index contributed by atoms with van der Waals surface area (Å²) in [4.78, 5) is 11.1. The van der Waals surface area contributed by atoms with E-state index in [9.17, 15) is 4.79 Å². The summed E-state index contributed by atoms with van der Waals surface area (Å²) in [6.45, 7) is 8.20. The Hall–Kier alpha value is -2.92. The summed E-state index contributed by atoms with van der Waals surface area (Å²) in [5, 5.41) is 9.43. The van der Waals surface area contributed by atoms with Gasteiger partial charge in [0, 0.05) is 23.6 Å². The van der Waals surface area contributed by atoms with Crippen molar-refractivity contribution in [3.63, 3.8) is 0 Å². The number of allylic oxidation sites excluding steroid dienone is 1. The van der Waals surface area contributed by atoms with Gasteiger partial charge in [-0.15, -0.1) is 0 Å². The van der Waals surface area contributed by atoms with Crippen molar-refractivity contribution in [1.29, 1.82) is 0 Å². The largest absolute Gasteiger partial charge is 0.339 e. The second-order valence-corrected chi connectivity index (χ2v) is 6.93. The van der Waals surface area contributed by atoms with E-state index in [4.69, 9.17) is 0 Å². The van der Waals surface area contributed by atoms with Gasteiger partial charge in [-0.05, 0) is 31.2 Å². The van der Waals surface area contributed by atoms with Crippen LogP contribution in [-0.4, -0.2) is 5.91 Å². The van der Waals surface area contributed by atoms with Gasteiger partial charge < -0.3 is 5.32 Å². The van der Waals surface area contributed by atoms with E-state index in [0.717, 1.165) is 28.7 Å². The van der Waals surface area contributed by atoms with Crippen molar-refractivity contribution in [3.8, 4) is 11.3 Å². The van der Waals surface area contributed by atoms with Crippen molar-refractivity contribution in [2.24, 2.45) is 0 Å². The molecule has 0 aliphatic carbocycles. The number of rotatable bonds is 6. The first-order chi connectivity index (χ1) is 12.6. The van der Waals surface area contributed by atoms with Crippen LogP contribution in [0.3, 0.4) is 0 Å². The summed E-state index contributed by atoms with van der Waals surface area (Å²) in [5.41, 5.74) is 5.34. The average molecular weight is 364 g/mol. The predicted octanol–water partition coefficient (Wildman–Crippen LogP) is 4.90. The molecular formula is C21H22N3OS+. The third kappa shape index (κ3) is 4.18. The third-order valence-electron chi connectivity index (χ3n) is 3.93. The first-order valence-electron chi connectivity index (χ1n) is 8.41. The lowest BCUT2D eigenvalue weighted by Gasteiger charge is -2.05. The smallest absolute Gasteiger partial charge is 0.326 e. The van der Waals surface area contributed by atoms with Gasteiger partial charge in [0.2, 0.25) is 5.91 Å². The number of aryl methyl sites for hydroxylation is 1. The zero-order valence-electron chi connectivity index (χ0n) is 15.0. The van der Waals surface area contributed by atoms with Crippen molar-refractivity contribution in [3.05, 3.63) is 72.1 Å². The minimum Gasteiger partial charge on any atom is -0.326 e.